The van der Waals surface area contributed by atoms with E-state index in [0.717, 1.165) is 38.5 Å². The fourth-order valence-electron chi connectivity index (χ4n) is 2.81. The molecule has 134 valence electrons. The second-order valence-electron chi connectivity index (χ2n) is 6.39. The van der Waals surface area contributed by atoms with Gasteiger partial charge in [0.05, 0.1) is 6.10 Å². The Labute approximate surface area is 145 Å². The lowest BCUT2D eigenvalue weighted by atomic mass is 9.90. The predicted octanol–water partition coefficient (Wildman–Crippen LogP) is 4.06. The Bertz CT molecular complexity index is 476. The van der Waals surface area contributed by atoms with Crippen LogP contribution in [0.25, 0.3) is 0 Å². The van der Waals surface area contributed by atoms with Gasteiger partial charge in [0.1, 0.15) is 0 Å². The molecule has 1 aliphatic carbocycles. The number of carboxylic acids is 1. The molecule has 0 aromatic heterocycles. The smallest absolute Gasteiger partial charge is 0.303 e. The molecule has 1 aliphatic rings. The van der Waals surface area contributed by atoms with Crippen LogP contribution in [0.15, 0.2) is 36.5 Å². The van der Waals surface area contributed by atoms with Crippen LogP contribution in [0.1, 0.15) is 58.3 Å². The lowest BCUT2D eigenvalue weighted by Gasteiger charge is -2.13. The molecule has 0 aromatic carbocycles. The second kappa shape index (κ2) is 11.8. The van der Waals surface area contributed by atoms with Gasteiger partial charge in [0, 0.05) is 12.3 Å². The van der Waals surface area contributed by atoms with Crippen LogP contribution in [0.3, 0.4) is 0 Å². The molecular formula is C20H30O4. The summed E-state index contributed by atoms with van der Waals surface area (Å²) in [6.07, 6.45) is 17.0. The fraction of sp³-hybridized carbons (Fsp3) is 0.600. The summed E-state index contributed by atoms with van der Waals surface area (Å²) in [5.41, 5.74) is 0. The minimum absolute atomic E-state index is 0.0938. The molecule has 0 fully saturated rings. The Morgan fingerprint density at radius 1 is 1.29 bits per heavy atom. The summed E-state index contributed by atoms with van der Waals surface area (Å²) >= 11 is 0. The molecule has 4 heteroatoms. The second-order valence-corrected chi connectivity index (χ2v) is 6.39. The van der Waals surface area contributed by atoms with E-state index in [1.807, 2.05) is 24.3 Å². The summed E-state index contributed by atoms with van der Waals surface area (Å²) in [5.74, 6) is -0.728. The van der Waals surface area contributed by atoms with Crippen LogP contribution >= 0.6 is 0 Å². The summed E-state index contributed by atoms with van der Waals surface area (Å²) in [6.45, 7) is 2.13. The van der Waals surface area contributed by atoms with E-state index < -0.39 is 12.1 Å². The first-order valence-corrected chi connectivity index (χ1v) is 8.99. The quantitative estimate of drug-likeness (QED) is 0.417. The van der Waals surface area contributed by atoms with Crippen LogP contribution in [0.4, 0.5) is 0 Å². The van der Waals surface area contributed by atoms with Crippen LogP contribution in [0.2, 0.25) is 0 Å². The number of hydrogen-bond donors (Lipinski definition) is 2. The fourth-order valence-corrected chi connectivity index (χ4v) is 2.81. The third kappa shape index (κ3) is 8.25. The maximum absolute atomic E-state index is 12.0. The van der Waals surface area contributed by atoms with Gasteiger partial charge in [-0.05, 0) is 37.7 Å². The van der Waals surface area contributed by atoms with Crippen LogP contribution in [-0.2, 0) is 9.59 Å². The van der Waals surface area contributed by atoms with Crippen molar-refractivity contribution in [3.8, 4) is 0 Å². The van der Waals surface area contributed by atoms with Crippen LogP contribution < -0.4 is 0 Å². The van der Waals surface area contributed by atoms with Gasteiger partial charge in [-0.3, -0.25) is 9.59 Å². The lowest BCUT2D eigenvalue weighted by Crippen LogP contribution is -2.14. The van der Waals surface area contributed by atoms with Crippen molar-refractivity contribution >= 4 is 11.8 Å². The van der Waals surface area contributed by atoms with E-state index in [1.165, 1.54) is 0 Å². The van der Waals surface area contributed by atoms with E-state index >= 15 is 0 Å². The number of unbranched alkanes of at least 4 members (excludes halogenated alkanes) is 3. The molecule has 0 spiro atoms. The molecule has 4 nitrogen and oxygen atoms in total. The monoisotopic (exact) mass is 334 g/mol. The van der Waals surface area contributed by atoms with Crippen molar-refractivity contribution in [2.24, 2.45) is 11.8 Å². The van der Waals surface area contributed by atoms with Gasteiger partial charge in [0.2, 0.25) is 0 Å². The van der Waals surface area contributed by atoms with Gasteiger partial charge in [0.25, 0.3) is 0 Å². The van der Waals surface area contributed by atoms with Gasteiger partial charge in [-0.2, -0.15) is 0 Å². The number of aliphatic hydroxyl groups excluding tert-OH is 1. The van der Waals surface area contributed by atoms with Crippen molar-refractivity contribution in [2.45, 2.75) is 64.4 Å². The van der Waals surface area contributed by atoms with Crippen LogP contribution in [0, 0.1) is 11.8 Å². The predicted molar refractivity (Wildman–Crippen MR) is 95.7 cm³/mol. The Morgan fingerprint density at radius 2 is 2.08 bits per heavy atom. The van der Waals surface area contributed by atoms with E-state index in [2.05, 4.69) is 6.92 Å². The molecule has 24 heavy (non-hydrogen) atoms. The molecule has 0 radical (unpaired) electrons. The third-order valence-corrected chi connectivity index (χ3v) is 4.28. The van der Waals surface area contributed by atoms with Gasteiger partial charge in [-0.15, -0.1) is 0 Å². The van der Waals surface area contributed by atoms with Gasteiger partial charge in [0.15, 0.2) is 5.78 Å². The molecule has 0 saturated carbocycles. The highest BCUT2D eigenvalue weighted by molar-refractivity contribution is 5.95. The standard InChI is InChI=1S/C20H30O4/c1-2-3-6-10-17(21)13-14-18-16(12-15-19(18)22)9-7-4-5-8-11-20(23)24/h4,7,12-18,21H,2-3,5-6,8-11H2,1H3,(H,23,24)/b7-4-,14-13+/t16-,17-,18+/m1/s1. The van der Waals surface area contributed by atoms with Crippen molar-refractivity contribution in [1.29, 1.82) is 0 Å². The first-order chi connectivity index (χ1) is 11.5. The number of carboxylic acid groups (broad SMARTS) is 1. The molecule has 0 aliphatic heterocycles. The van der Waals surface area contributed by atoms with Crippen LogP contribution in [-0.4, -0.2) is 28.1 Å². The lowest BCUT2D eigenvalue weighted by molar-refractivity contribution is -0.137. The SMILES string of the molecule is CCCCC[C@@H](O)/C=C/[C@@H]1C(=O)C=C[C@H]1C/C=C\CCCC(=O)O. The minimum atomic E-state index is -0.768. The maximum atomic E-state index is 12.0. The number of hydrogen-bond acceptors (Lipinski definition) is 3. The number of allylic oxidation sites excluding steroid dienone is 5. The van der Waals surface area contributed by atoms with Crippen molar-refractivity contribution < 1.29 is 19.8 Å². The molecule has 0 saturated heterocycles. The molecule has 2 N–H and O–H groups in total. The Balaban J connectivity index is 2.38. The Hall–Kier alpha value is -1.68. The van der Waals surface area contributed by atoms with E-state index in [4.69, 9.17) is 5.11 Å². The number of aliphatic carboxylic acids is 1. The van der Waals surface area contributed by atoms with E-state index in [1.54, 1.807) is 12.2 Å². The normalized spacial score (nSPS) is 22.0. The summed E-state index contributed by atoms with van der Waals surface area (Å²) < 4.78 is 0. The number of rotatable bonds is 12. The Kier molecular flexibility index (Phi) is 10.0. The van der Waals surface area contributed by atoms with Gasteiger partial charge in [-0.25, -0.2) is 0 Å². The summed E-state index contributed by atoms with van der Waals surface area (Å²) in [5, 5.41) is 18.5. The van der Waals surface area contributed by atoms with Gasteiger partial charge < -0.3 is 10.2 Å². The number of aliphatic hydroxyl groups is 1. The van der Waals surface area contributed by atoms with Crippen LogP contribution in [0.5, 0.6) is 0 Å². The zero-order chi connectivity index (χ0) is 17.8. The van der Waals surface area contributed by atoms with Crippen molar-refractivity contribution in [3.63, 3.8) is 0 Å². The molecule has 0 unspecified atom stereocenters. The summed E-state index contributed by atoms with van der Waals surface area (Å²) in [7, 11) is 0. The zero-order valence-electron chi connectivity index (χ0n) is 14.6. The molecule has 1 rings (SSSR count). The first-order valence-electron chi connectivity index (χ1n) is 8.99. The summed E-state index contributed by atoms with van der Waals surface area (Å²) in [4.78, 5) is 22.4. The largest absolute Gasteiger partial charge is 0.481 e. The van der Waals surface area contributed by atoms with E-state index in [0.29, 0.717) is 6.42 Å². The topological polar surface area (TPSA) is 74.6 Å². The molecule has 0 heterocycles. The molecule has 0 aromatic rings. The van der Waals surface area contributed by atoms with Gasteiger partial charge in [-0.1, -0.05) is 56.6 Å². The molecular weight excluding hydrogens is 304 g/mol. The van der Waals surface area contributed by atoms with E-state index in [-0.39, 0.29) is 24.0 Å². The molecule has 0 amide bonds. The third-order valence-electron chi connectivity index (χ3n) is 4.28. The van der Waals surface area contributed by atoms with Gasteiger partial charge >= 0.3 is 5.97 Å². The highest BCUT2D eigenvalue weighted by Gasteiger charge is 2.26. The average Bonchev–Trinajstić information content (AvgIpc) is 2.89. The molecule has 0 bridgehead atoms. The minimum Gasteiger partial charge on any atom is -0.481 e. The van der Waals surface area contributed by atoms with Crippen molar-refractivity contribution in [2.75, 3.05) is 0 Å². The number of carbonyl (C=O) groups excluding carboxylic acids is 1. The summed E-state index contributed by atoms with van der Waals surface area (Å²) in [6, 6.07) is 0. The van der Waals surface area contributed by atoms with Crippen molar-refractivity contribution in [1.82, 2.24) is 0 Å². The molecule has 3 atom stereocenters. The highest BCUT2D eigenvalue weighted by atomic mass is 16.4. The maximum Gasteiger partial charge on any atom is 0.303 e. The number of ketones is 1. The van der Waals surface area contributed by atoms with E-state index in [9.17, 15) is 14.7 Å². The first kappa shape index (κ1) is 20.4. The van der Waals surface area contributed by atoms with Crippen molar-refractivity contribution in [3.05, 3.63) is 36.5 Å². The highest BCUT2D eigenvalue weighted by Crippen LogP contribution is 2.27. The Morgan fingerprint density at radius 3 is 2.79 bits per heavy atom. The zero-order valence-corrected chi connectivity index (χ0v) is 14.6. The number of carbonyl (C=O) groups is 2. The average molecular weight is 334 g/mol.